The van der Waals surface area contributed by atoms with Crippen LogP contribution in [0.5, 0.6) is 0 Å². The highest BCUT2D eigenvalue weighted by Gasteiger charge is 2.14. The van der Waals surface area contributed by atoms with Gasteiger partial charge in [0.15, 0.2) is 0 Å². The molecule has 0 unspecified atom stereocenters. The van der Waals surface area contributed by atoms with Crippen molar-refractivity contribution in [2.75, 3.05) is 36.1 Å². The normalized spacial score (nSPS) is 15.3. The van der Waals surface area contributed by atoms with E-state index < -0.39 is 0 Å². The molecule has 1 saturated heterocycles. The maximum Gasteiger partial charge on any atom is 0.0923 e. The summed E-state index contributed by atoms with van der Waals surface area (Å²) in [6.07, 6.45) is 3.69. The Labute approximate surface area is 131 Å². The van der Waals surface area contributed by atoms with Crippen molar-refractivity contribution < 1.29 is 4.74 Å². The van der Waals surface area contributed by atoms with Crippen molar-refractivity contribution in [3.05, 3.63) is 42.5 Å². The smallest absolute Gasteiger partial charge is 0.0923 e. The second-order valence-corrected chi connectivity index (χ2v) is 5.90. The number of hydrogen-bond donors (Lipinski definition) is 1. The number of anilines is 2. The van der Waals surface area contributed by atoms with Gasteiger partial charge in [0.2, 0.25) is 0 Å². The van der Waals surface area contributed by atoms with Gasteiger partial charge < -0.3 is 19.5 Å². The molecule has 1 aliphatic heterocycles. The first kappa shape index (κ1) is 14.9. The highest BCUT2D eigenvalue weighted by atomic mass is 16.5. The molecule has 1 aromatic carbocycles. The Balaban J connectivity index is 1.74. The Morgan fingerprint density at radius 3 is 2.55 bits per heavy atom. The lowest BCUT2D eigenvalue weighted by Gasteiger charge is -2.31. The number of imidazole rings is 1. The number of morpholine rings is 1. The summed E-state index contributed by atoms with van der Waals surface area (Å²) < 4.78 is 5.41. The summed E-state index contributed by atoms with van der Waals surface area (Å²) in [5, 5.41) is 0. The number of aromatic nitrogens is 2. The largest absolute Gasteiger partial charge is 0.378 e. The zero-order valence-corrected chi connectivity index (χ0v) is 13.3. The van der Waals surface area contributed by atoms with Gasteiger partial charge in [0, 0.05) is 36.7 Å². The van der Waals surface area contributed by atoms with E-state index in [1.165, 1.54) is 11.4 Å². The number of nitrogens with one attached hydrogen (secondary N) is 1. The number of rotatable bonds is 5. The summed E-state index contributed by atoms with van der Waals surface area (Å²) in [5.41, 5.74) is 3.57. The SMILES string of the molecule is CC(C)N(Cc1c[nH]cn1)c1ccc(N2CCOCC2)cc1. The molecule has 0 aliphatic carbocycles. The molecule has 2 aromatic rings. The minimum atomic E-state index is 0.422. The summed E-state index contributed by atoms with van der Waals surface area (Å²) in [6.45, 7) is 8.82. The molecule has 3 rings (SSSR count). The molecule has 0 atom stereocenters. The number of hydrogen-bond acceptors (Lipinski definition) is 4. The molecule has 22 heavy (non-hydrogen) atoms. The average molecular weight is 300 g/mol. The van der Waals surface area contributed by atoms with Crippen LogP contribution in [0.2, 0.25) is 0 Å². The van der Waals surface area contributed by atoms with Crippen molar-refractivity contribution >= 4 is 11.4 Å². The number of H-pyrrole nitrogens is 1. The standard InChI is InChI=1S/C17H24N4O/c1-14(2)21(12-15-11-18-13-19-15)17-5-3-16(4-6-17)20-7-9-22-10-8-20/h3-6,11,13-14H,7-10,12H2,1-2H3,(H,18,19). The second kappa shape index (κ2) is 6.83. The average Bonchev–Trinajstić information content (AvgIpc) is 3.07. The van der Waals surface area contributed by atoms with Crippen LogP contribution in [0.25, 0.3) is 0 Å². The quantitative estimate of drug-likeness (QED) is 0.922. The summed E-state index contributed by atoms with van der Waals surface area (Å²) in [7, 11) is 0. The van der Waals surface area contributed by atoms with Crippen molar-refractivity contribution in [1.29, 1.82) is 0 Å². The fraction of sp³-hybridized carbons (Fsp3) is 0.471. The molecule has 2 heterocycles. The Bertz CT molecular complexity index is 559. The maximum absolute atomic E-state index is 5.41. The first-order valence-corrected chi connectivity index (χ1v) is 7.91. The van der Waals surface area contributed by atoms with Gasteiger partial charge in [-0.2, -0.15) is 0 Å². The number of aromatic amines is 1. The highest BCUT2D eigenvalue weighted by Crippen LogP contribution is 2.24. The van der Waals surface area contributed by atoms with Gasteiger partial charge in [-0.15, -0.1) is 0 Å². The minimum Gasteiger partial charge on any atom is -0.378 e. The molecule has 0 saturated carbocycles. The van der Waals surface area contributed by atoms with Crippen LogP contribution in [0.3, 0.4) is 0 Å². The molecule has 1 aromatic heterocycles. The van der Waals surface area contributed by atoms with E-state index in [-0.39, 0.29) is 0 Å². The molecule has 1 aliphatic rings. The van der Waals surface area contributed by atoms with Crippen LogP contribution in [0.15, 0.2) is 36.8 Å². The van der Waals surface area contributed by atoms with Gasteiger partial charge in [0.25, 0.3) is 0 Å². The summed E-state index contributed by atoms with van der Waals surface area (Å²) >= 11 is 0. The van der Waals surface area contributed by atoms with E-state index >= 15 is 0 Å². The first-order valence-electron chi connectivity index (χ1n) is 7.91. The van der Waals surface area contributed by atoms with E-state index in [0.717, 1.165) is 38.5 Å². The highest BCUT2D eigenvalue weighted by molar-refractivity contribution is 5.57. The van der Waals surface area contributed by atoms with Gasteiger partial charge >= 0.3 is 0 Å². The zero-order chi connectivity index (χ0) is 15.4. The van der Waals surface area contributed by atoms with Crippen LogP contribution in [-0.4, -0.2) is 42.3 Å². The molecule has 5 nitrogen and oxygen atoms in total. The Morgan fingerprint density at radius 1 is 1.23 bits per heavy atom. The van der Waals surface area contributed by atoms with Crippen molar-refractivity contribution in [3.63, 3.8) is 0 Å². The van der Waals surface area contributed by atoms with Crippen molar-refractivity contribution in [2.24, 2.45) is 0 Å². The molecule has 5 heteroatoms. The number of nitrogens with zero attached hydrogens (tertiary/aromatic N) is 3. The van der Waals surface area contributed by atoms with E-state index in [2.05, 4.69) is 57.9 Å². The monoisotopic (exact) mass is 300 g/mol. The Morgan fingerprint density at radius 2 is 1.95 bits per heavy atom. The molecule has 0 bridgehead atoms. The first-order chi connectivity index (χ1) is 10.7. The van der Waals surface area contributed by atoms with Crippen LogP contribution in [-0.2, 0) is 11.3 Å². The molecule has 0 radical (unpaired) electrons. The molecule has 0 spiro atoms. The third kappa shape index (κ3) is 3.42. The number of ether oxygens (including phenoxy) is 1. The Hall–Kier alpha value is -2.01. The molecule has 1 N–H and O–H groups in total. The minimum absolute atomic E-state index is 0.422. The van der Waals surface area contributed by atoms with Gasteiger partial charge in [-0.1, -0.05) is 0 Å². The van der Waals surface area contributed by atoms with Crippen molar-refractivity contribution in [1.82, 2.24) is 9.97 Å². The third-order valence-corrected chi connectivity index (χ3v) is 4.07. The maximum atomic E-state index is 5.41. The second-order valence-electron chi connectivity index (χ2n) is 5.90. The predicted octanol–water partition coefficient (Wildman–Crippen LogP) is 2.66. The fourth-order valence-electron chi connectivity index (χ4n) is 2.80. The van der Waals surface area contributed by atoms with Crippen molar-refractivity contribution in [3.8, 4) is 0 Å². The third-order valence-electron chi connectivity index (χ3n) is 4.07. The lowest BCUT2D eigenvalue weighted by Crippen LogP contribution is -2.36. The van der Waals surface area contributed by atoms with E-state index in [9.17, 15) is 0 Å². The molecular weight excluding hydrogens is 276 g/mol. The summed E-state index contributed by atoms with van der Waals surface area (Å²) in [4.78, 5) is 12.1. The summed E-state index contributed by atoms with van der Waals surface area (Å²) in [6, 6.07) is 9.25. The van der Waals surface area contributed by atoms with Crippen LogP contribution in [0.1, 0.15) is 19.5 Å². The van der Waals surface area contributed by atoms with Crippen LogP contribution in [0.4, 0.5) is 11.4 Å². The van der Waals surface area contributed by atoms with Gasteiger partial charge in [0.05, 0.1) is 31.8 Å². The number of benzene rings is 1. The molecule has 118 valence electrons. The van der Waals surface area contributed by atoms with E-state index in [0.29, 0.717) is 6.04 Å². The van der Waals surface area contributed by atoms with Crippen LogP contribution < -0.4 is 9.80 Å². The lowest BCUT2D eigenvalue weighted by molar-refractivity contribution is 0.122. The predicted molar refractivity (Wildman–Crippen MR) is 89.4 cm³/mol. The van der Waals surface area contributed by atoms with Gasteiger partial charge in [-0.05, 0) is 38.1 Å². The van der Waals surface area contributed by atoms with E-state index in [1.807, 2.05) is 6.20 Å². The van der Waals surface area contributed by atoms with E-state index in [4.69, 9.17) is 4.74 Å². The summed E-state index contributed by atoms with van der Waals surface area (Å²) in [5.74, 6) is 0. The van der Waals surface area contributed by atoms with Gasteiger partial charge in [-0.25, -0.2) is 4.98 Å². The van der Waals surface area contributed by atoms with E-state index in [1.54, 1.807) is 6.33 Å². The lowest BCUT2D eigenvalue weighted by atomic mass is 10.2. The van der Waals surface area contributed by atoms with Crippen LogP contribution >= 0.6 is 0 Å². The molecule has 0 amide bonds. The van der Waals surface area contributed by atoms with Crippen LogP contribution in [0, 0.1) is 0 Å². The molecule has 1 fully saturated rings. The van der Waals surface area contributed by atoms with Gasteiger partial charge in [0.1, 0.15) is 0 Å². The molecular formula is C17H24N4O. The van der Waals surface area contributed by atoms with Crippen molar-refractivity contribution in [2.45, 2.75) is 26.4 Å². The zero-order valence-electron chi connectivity index (χ0n) is 13.3. The topological polar surface area (TPSA) is 44.4 Å². The van der Waals surface area contributed by atoms with Gasteiger partial charge in [-0.3, -0.25) is 0 Å². The fourth-order valence-corrected chi connectivity index (χ4v) is 2.80. The Kier molecular flexibility index (Phi) is 4.63.